The summed E-state index contributed by atoms with van der Waals surface area (Å²) in [5, 5.41) is 2.70. The first-order valence-corrected chi connectivity index (χ1v) is 5.10. The Balaban J connectivity index is 0.00000256. The van der Waals surface area contributed by atoms with Gasteiger partial charge in [0.2, 0.25) is 0 Å². The molecular formula is C12H17ClN2O2. The van der Waals surface area contributed by atoms with Crippen molar-refractivity contribution >= 4 is 18.3 Å². The lowest BCUT2D eigenvalue weighted by atomic mass is 10.2. The zero-order valence-corrected chi connectivity index (χ0v) is 10.3. The molecule has 0 heterocycles. The third kappa shape index (κ3) is 4.89. The number of halogens is 1. The summed E-state index contributed by atoms with van der Waals surface area (Å²) in [6.07, 6.45) is 1.63. The lowest BCUT2D eigenvalue weighted by Gasteiger charge is -2.09. The molecule has 1 rings (SSSR count). The first kappa shape index (κ1) is 15.5. The summed E-state index contributed by atoms with van der Waals surface area (Å²) in [4.78, 5) is 11.7. The molecule has 0 aromatic heterocycles. The van der Waals surface area contributed by atoms with Crippen LogP contribution in [-0.4, -0.2) is 25.6 Å². The van der Waals surface area contributed by atoms with Crippen molar-refractivity contribution in [1.82, 2.24) is 5.32 Å². The molecule has 0 aliphatic carbocycles. The summed E-state index contributed by atoms with van der Waals surface area (Å²) in [7, 11) is 0. The van der Waals surface area contributed by atoms with Crippen molar-refractivity contribution in [3.63, 3.8) is 0 Å². The van der Waals surface area contributed by atoms with E-state index in [1.165, 1.54) is 0 Å². The highest BCUT2D eigenvalue weighted by Gasteiger charge is 2.10. The maximum atomic E-state index is 11.7. The molecule has 17 heavy (non-hydrogen) atoms. The molecule has 5 heteroatoms. The Morgan fingerprint density at radius 1 is 1.47 bits per heavy atom. The number of nitrogens with one attached hydrogen (secondary N) is 1. The van der Waals surface area contributed by atoms with Crippen molar-refractivity contribution in [2.45, 2.75) is 0 Å². The smallest absolute Gasteiger partial charge is 0.255 e. The minimum atomic E-state index is -0.176. The standard InChI is InChI=1S/C12H16N2O2.ClH/c1-2-9-16-11-6-4-3-5-10(11)12(15)14-8-7-13;/h2-6H,1,7-9,13H2,(H,14,15);1H. The normalized spacial score (nSPS) is 9.00. The van der Waals surface area contributed by atoms with Gasteiger partial charge in [-0.3, -0.25) is 4.79 Å². The van der Waals surface area contributed by atoms with Gasteiger partial charge in [-0.25, -0.2) is 0 Å². The highest BCUT2D eigenvalue weighted by molar-refractivity contribution is 5.96. The van der Waals surface area contributed by atoms with Crippen LogP contribution in [-0.2, 0) is 0 Å². The SMILES string of the molecule is C=CCOc1ccccc1C(=O)NCCN.Cl. The number of rotatable bonds is 6. The highest BCUT2D eigenvalue weighted by atomic mass is 35.5. The fourth-order valence-electron chi connectivity index (χ4n) is 1.21. The largest absolute Gasteiger partial charge is 0.489 e. The van der Waals surface area contributed by atoms with Crippen molar-refractivity contribution in [3.05, 3.63) is 42.5 Å². The van der Waals surface area contributed by atoms with Crippen molar-refractivity contribution < 1.29 is 9.53 Å². The van der Waals surface area contributed by atoms with Gasteiger partial charge >= 0.3 is 0 Å². The first-order chi connectivity index (χ1) is 7.79. The molecule has 0 fully saturated rings. The molecule has 0 aliphatic heterocycles. The molecule has 94 valence electrons. The van der Waals surface area contributed by atoms with Gasteiger partial charge in [0, 0.05) is 13.1 Å². The fraction of sp³-hybridized carbons (Fsp3) is 0.250. The maximum Gasteiger partial charge on any atom is 0.255 e. The predicted octanol–water partition coefficient (Wildman–Crippen LogP) is 1.36. The number of nitrogens with two attached hydrogens (primary N) is 1. The van der Waals surface area contributed by atoms with Crippen LogP contribution < -0.4 is 15.8 Å². The number of carbonyl (C=O) groups is 1. The molecule has 0 saturated heterocycles. The number of ether oxygens (including phenoxy) is 1. The summed E-state index contributed by atoms with van der Waals surface area (Å²) < 4.78 is 5.38. The molecule has 3 N–H and O–H groups in total. The number of carbonyl (C=O) groups excluding carboxylic acids is 1. The minimum Gasteiger partial charge on any atom is -0.489 e. The number of benzene rings is 1. The Bertz CT molecular complexity index is 369. The summed E-state index contributed by atoms with van der Waals surface area (Å²) in [5.74, 6) is 0.377. The van der Waals surface area contributed by atoms with Crippen LogP contribution in [0.25, 0.3) is 0 Å². The molecule has 0 unspecified atom stereocenters. The first-order valence-electron chi connectivity index (χ1n) is 5.10. The minimum absolute atomic E-state index is 0. The van der Waals surface area contributed by atoms with E-state index in [4.69, 9.17) is 10.5 Å². The van der Waals surface area contributed by atoms with E-state index in [0.29, 0.717) is 31.0 Å². The maximum absolute atomic E-state index is 11.7. The van der Waals surface area contributed by atoms with Gasteiger partial charge in [0.15, 0.2) is 0 Å². The number of hydrogen-bond acceptors (Lipinski definition) is 3. The Morgan fingerprint density at radius 2 is 2.18 bits per heavy atom. The molecule has 1 aromatic carbocycles. The molecule has 1 aromatic rings. The summed E-state index contributed by atoms with van der Waals surface area (Å²) >= 11 is 0. The van der Waals surface area contributed by atoms with Crippen LogP contribution in [0, 0.1) is 0 Å². The second-order valence-corrected chi connectivity index (χ2v) is 3.14. The van der Waals surface area contributed by atoms with E-state index in [1.807, 2.05) is 6.07 Å². The zero-order chi connectivity index (χ0) is 11.8. The second-order valence-electron chi connectivity index (χ2n) is 3.14. The monoisotopic (exact) mass is 256 g/mol. The van der Waals surface area contributed by atoms with E-state index in [2.05, 4.69) is 11.9 Å². The van der Waals surface area contributed by atoms with Crippen LogP contribution in [0.3, 0.4) is 0 Å². The van der Waals surface area contributed by atoms with Crippen molar-refractivity contribution in [2.75, 3.05) is 19.7 Å². The topological polar surface area (TPSA) is 64.3 Å². The van der Waals surface area contributed by atoms with E-state index in [0.717, 1.165) is 0 Å². The number of para-hydroxylation sites is 1. The van der Waals surface area contributed by atoms with Gasteiger partial charge in [-0.2, -0.15) is 0 Å². The predicted molar refractivity (Wildman–Crippen MR) is 70.8 cm³/mol. The number of hydrogen-bond donors (Lipinski definition) is 2. The Labute approximate surface area is 107 Å². The van der Waals surface area contributed by atoms with E-state index >= 15 is 0 Å². The van der Waals surface area contributed by atoms with Crippen LogP contribution in [0.4, 0.5) is 0 Å². The molecule has 0 radical (unpaired) electrons. The molecule has 0 atom stereocenters. The Kier molecular flexibility index (Phi) is 7.84. The average molecular weight is 257 g/mol. The van der Waals surface area contributed by atoms with Crippen molar-refractivity contribution in [1.29, 1.82) is 0 Å². The average Bonchev–Trinajstić information content (AvgIpc) is 2.33. The number of amides is 1. The van der Waals surface area contributed by atoms with E-state index in [9.17, 15) is 4.79 Å². The van der Waals surface area contributed by atoms with Crippen LogP contribution in [0.5, 0.6) is 5.75 Å². The van der Waals surface area contributed by atoms with Crippen LogP contribution >= 0.6 is 12.4 Å². The molecule has 0 aliphatic rings. The quantitative estimate of drug-likeness (QED) is 0.756. The molecule has 0 bridgehead atoms. The lowest BCUT2D eigenvalue weighted by Crippen LogP contribution is -2.29. The highest BCUT2D eigenvalue weighted by Crippen LogP contribution is 2.17. The van der Waals surface area contributed by atoms with E-state index < -0.39 is 0 Å². The van der Waals surface area contributed by atoms with Gasteiger partial charge in [-0.15, -0.1) is 12.4 Å². The van der Waals surface area contributed by atoms with Gasteiger partial charge in [0.25, 0.3) is 5.91 Å². The molecule has 1 amide bonds. The van der Waals surface area contributed by atoms with Gasteiger partial charge in [-0.05, 0) is 12.1 Å². The summed E-state index contributed by atoms with van der Waals surface area (Å²) in [5.41, 5.74) is 5.83. The zero-order valence-electron chi connectivity index (χ0n) is 9.52. The van der Waals surface area contributed by atoms with E-state index in [1.54, 1.807) is 24.3 Å². The third-order valence-electron chi connectivity index (χ3n) is 1.92. The van der Waals surface area contributed by atoms with Crippen LogP contribution in [0.1, 0.15) is 10.4 Å². The van der Waals surface area contributed by atoms with Gasteiger partial charge in [0.1, 0.15) is 12.4 Å². The van der Waals surface area contributed by atoms with Crippen molar-refractivity contribution in [3.8, 4) is 5.75 Å². The van der Waals surface area contributed by atoms with Gasteiger partial charge < -0.3 is 15.8 Å². The second kappa shape index (κ2) is 8.61. The van der Waals surface area contributed by atoms with Gasteiger partial charge in [-0.1, -0.05) is 24.8 Å². The summed E-state index contributed by atoms with van der Waals surface area (Å²) in [6.45, 7) is 4.81. The van der Waals surface area contributed by atoms with Crippen molar-refractivity contribution in [2.24, 2.45) is 5.73 Å². The third-order valence-corrected chi connectivity index (χ3v) is 1.92. The van der Waals surface area contributed by atoms with Gasteiger partial charge in [0.05, 0.1) is 5.56 Å². The molecule has 0 saturated carbocycles. The molecule has 4 nitrogen and oxygen atoms in total. The van der Waals surface area contributed by atoms with Crippen LogP contribution in [0.15, 0.2) is 36.9 Å². The van der Waals surface area contributed by atoms with E-state index in [-0.39, 0.29) is 18.3 Å². The Hall–Kier alpha value is -1.52. The van der Waals surface area contributed by atoms with Crippen LogP contribution in [0.2, 0.25) is 0 Å². The molecule has 0 spiro atoms. The molecular weight excluding hydrogens is 240 g/mol. The summed E-state index contributed by atoms with van der Waals surface area (Å²) in [6, 6.07) is 7.07. The fourth-order valence-corrected chi connectivity index (χ4v) is 1.21. The Morgan fingerprint density at radius 3 is 2.82 bits per heavy atom. The lowest BCUT2D eigenvalue weighted by molar-refractivity contribution is 0.0951.